The highest BCUT2D eigenvalue weighted by Gasteiger charge is 2.46. The molecule has 0 aliphatic carbocycles. The molecule has 3 aromatic carbocycles. The first-order chi connectivity index (χ1) is 18.7. The number of nitro benzene ring substituents is 1. The van der Waals surface area contributed by atoms with Crippen LogP contribution in [0.4, 0.5) is 27.5 Å². The van der Waals surface area contributed by atoms with Crippen molar-refractivity contribution in [1.82, 2.24) is 4.67 Å². The second kappa shape index (κ2) is 12.0. The van der Waals surface area contributed by atoms with Crippen molar-refractivity contribution in [3.05, 3.63) is 80.8 Å². The summed E-state index contributed by atoms with van der Waals surface area (Å²) in [7, 11) is -3.11. The predicted octanol–water partition coefficient (Wildman–Crippen LogP) is 8.10. The number of ether oxygens (including phenoxy) is 1. The predicted molar refractivity (Wildman–Crippen MR) is 160 cm³/mol. The lowest BCUT2D eigenvalue weighted by Crippen LogP contribution is -2.46. The van der Waals surface area contributed by atoms with Crippen molar-refractivity contribution in [3.8, 4) is 5.75 Å². The Morgan fingerprint density at radius 1 is 0.923 bits per heavy atom. The first kappa shape index (κ1) is 28.9. The van der Waals surface area contributed by atoms with Crippen LogP contribution in [-0.2, 0) is 0 Å². The molecule has 0 spiro atoms. The third-order valence-electron chi connectivity index (χ3n) is 6.63. The summed E-state index contributed by atoms with van der Waals surface area (Å²) >= 11 is 12.6. The van der Waals surface area contributed by atoms with Crippen molar-refractivity contribution in [1.29, 1.82) is 0 Å². The van der Waals surface area contributed by atoms with E-state index in [1.807, 2.05) is 32.0 Å². The van der Waals surface area contributed by atoms with E-state index in [1.165, 1.54) is 12.1 Å². The normalized spacial score (nSPS) is 16.6. The maximum absolute atomic E-state index is 13.9. The molecule has 206 valence electrons. The lowest BCUT2D eigenvalue weighted by molar-refractivity contribution is -0.384. The highest BCUT2D eigenvalue weighted by Crippen LogP contribution is 2.63. The maximum Gasteiger partial charge on any atom is 0.425 e. The number of anilines is 2. The Balaban J connectivity index is 2.09. The van der Waals surface area contributed by atoms with Crippen LogP contribution in [-0.4, -0.2) is 41.9 Å². The fourth-order valence-electron chi connectivity index (χ4n) is 4.72. The van der Waals surface area contributed by atoms with Crippen LogP contribution < -0.4 is 19.6 Å². The van der Waals surface area contributed by atoms with Crippen LogP contribution in [0.3, 0.4) is 0 Å². The first-order valence-corrected chi connectivity index (χ1v) is 15.1. The molecule has 0 fully saturated rings. The molecule has 0 aromatic heterocycles. The zero-order chi connectivity index (χ0) is 28.3. The van der Waals surface area contributed by atoms with Crippen LogP contribution >= 0.6 is 30.6 Å². The monoisotopic (exact) mass is 589 g/mol. The van der Waals surface area contributed by atoms with Crippen molar-refractivity contribution in [2.45, 2.75) is 27.7 Å². The molecular weight excluding hydrogens is 560 g/mol. The van der Waals surface area contributed by atoms with Crippen LogP contribution in [0.25, 0.3) is 0 Å². The number of hydrogen-bond donors (Lipinski definition) is 0. The van der Waals surface area contributed by atoms with Gasteiger partial charge in [0.05, 0.1) is 31.6 Å². The van der Waals surface area contributed by atoms with Crippen molar-refractivity contribution >= 4 is 64.7 Å². The van der Waals surface area contributed by atoms with Crippen LogP contribution in [0.2, 0.25) is 10.0 Å². The van der Waals surface area contributed by atoms with Gasteiger partial charge < -0.3 is 9.64 Å². The molecule has 12 heteroatoms. The Bertz CT molecular complexity index is 1440. The average Bonchev–Trinajstić information content (AvgIpc) is 2.92. The van der Waals surface area contributed by atoms with Crippen molar-refractivity contribution in [2.24, 2.45) is 4.74 Å². The van der Waals surface area contributed by atoms with E-state index in [2.05, 4.69) is 23.4 Å². The molecule has 1 aliphatic heterocycles. The second-order valence-electron chi connectivity index (χ2n) is 8.68. The SMILES string of the molecule is CCN(CC)c1ccc2c(c1)OC(=O)N(c1ccc(Cl)c(Cl)c1)[P@]2(=Nc1ccc([N+](=O)[O-])cc1)N(CC)CC. The van der Waals surface area contributed by atoms with Gasteiger partial charge in [0.2, 0.25) is 0 Å². The number of nitro groups is 1. The molecule has 1 amide bonds. The minimum Gasteiger partial charge on any atom is -0.409 e. The summed E-state index contributed by atoms with van der Waals surface area (Å²) < 4.78 is 14.9. The minimum atomic E-state index is -3.11. The third-order valence-corrected chi connectivity index (χ3v) is 11.2. The van der Waals surface area contributed by atoms with Gasteiger partial charge in [-0.05, 0) is 56.3 Å². The van der Waals surface area contributed by atoms with E-state index >= 15 is 0 Å². The van der Waals surface area contributed by atoms with E-state index in [0.717, 1.165) is 24.1 Å². The molecular formula is C27H30Cl2N5O4P. The maximum atomic E-state index is 13.9. The number of amides is 1. The Hall–Kier alpha value is -3.10. The molecule has 0 saturated heterocycles. The number of benzene rings is 3. The number of fused-ring (bicyclic) bond motifs is 1. The van der Waals surface area contributed by atoms with E-state index < -0.39 is 18.4 Å². The number of nitrogens with zero attached hydrogens (tertiary/aromatic N) is 5. The van der Waals surface area contributed by atoms with Gasteiger partial charge >= 0.3 is 6.09 Å². The fraction of sp³-hybridized carbons (Fsp3) is 0.296. The highest BCUT2D eigenvalue weighted by molar-refractivity contribution is 7.74. The molecule has 9 nitrogen and oxygen atoms in total. The Morgan fingerprint density at radius 2 is 1.59 bits per heavy atom. The van der Waals surface area contributed by atoms with Crippen LogP contribution in [0.5, 0.6) is 5.75 Å². The Kier molecular flexibility index (Phi) is 8.86. The average molecular weight is 590 g/mol. The molecule has 0 radical (unpaired) electrons. The molecule has 1 heterocycles. The van der Waals surface area contributed by atoms with Gasteiger partial charge in [-0.3, -0.25) is 10.1 Å². The van der Waals surface area contributed by atoms with Gasteiger partial charge in [-0.15, -0.1) is 0 Å². The van der Waals surface area contributed by atoms with Gasteiger partial charge in [0.25, 0.3) is 5.69 Å². The van der Waals surface area contributed by atoms with E-state index in [-0.39, 0.29) is 10.7 Å². The summed E-state index contributed by atoms with van der Waals surface area (Å²) in [5, 5.41) is 12.7. The van der Waals surface area contributed by atoms with Crippen molar-refractivity contribution < 1.29 is 14.5 Å². The molecule has 4 rings (SSSR count). The summed E-state index contributed by atoms with van der Waals surface area (Å²) in [6, 6.07) is 16.9. The third kappa shape index (κ3) is 5.37. The van der Waals surface area contributed by atoms with Gasteiger partial charge in [0.1, 0.15) is 5.75 Å². The van der Waals surface area contributed by atoms with Crippen LogP contribution in [0.1, 0.15) is 27.7 Å². The molecule has 39 heavy (non-hydrogen) atoms. The molecule has 0 bridgehead atoms. The van der Waals surface area contributed by atoms with Gasteiger partial charge in [-0.2, -0.15) is 0 Å². The number of carbonyl (C=O) groups is 1. The van der Waals surface area contributed by atoms with E-state index in [9.17, 15) is 14.9 Å². The number of non-ortho nitro benzene ring substituents is 1. The Labute approximate surface area is 238 Å². The fourth-order valence-corrected chi connectivity index (χ4v) is 8.75. The van der Waals surface area contributed by atoms with Crippen molar-refractivity contribution in [3.63, 3.8) is 0 Å². The van der Waals surface area contributed by atoms with E-state index in [0.29, 0.717) is 35.2 Å². The van der Waals surface area contributed by atoms with Gasteiger partial charge in [-0.25, -0.2) is 18.9 Å². The number of hydrogen-bond acceptors (Lipinski definition) is 6. The smallest absolute Gasteiger partial charge is 0.409 e. The summed E-state index contributed by atoms with van der Waals surface area (Å²) in [6.07, 6.45) is -0.594. The molecule has 3 aromatic rings. The Morgan fingerprint density at radius 3 is 2.15 bits per heavy atom. The van der Waals surface area contributed by atoms with Crippen molar-refractivity contribution in [2.75, 3.05) is 35.7 Å². The molecule has 1 aliphatic rings. The molecule has 0 N–H and O–H groups in total. The molecule has 1 atom stereocenters. The lowest BCUT2D eigenvalue weighted by Gasteiger charge is -2.45. The quantitative estimate of drug-likeness (QED) is 0.142. The molecule has 0 unspecified atom stereocenters. The van der Waals surface area contributed by atoms with Gasteiger partial charge in [0.15, 0.2) is 7.36 Å². The van der Waals surface area contributed by atoms with E-state index in [4.69, 9.17) is 32.7 Å². The topological polar surface area (TPSA) is 91.5 Å². The second-order valence-corrected chi connectivity index (χ2v) is 12.3. The largest absolute Gasteiger partial charge is 0.425 e. The number of rotatable bonds is 9. The summed E-state index contributed by atoms with van der Waals surface area (Å²) in [5.41, 5.74) is 1.87. The zero-order valence-corrected chi connectivity index (χ0v) is 24.6. The van der Waals surface area contributed by atoms with Crippen LogP contribution in [0.15, 0.2) is 65.4 Å². The summed E-state index contributed by atoms with van der Waals surface area (Å²) in [4.78, 5) is 26.9. The lowest BCUT2D eigenvalue weighted by atomic mass is 10.2. The summed E-state index contributed by atoms with van der Waals surface area (Å²) in [6.45, 7) is 10.9. The minimum absolute atomic E-state index is 0.0437. The first-order valence-electron chi connectivity index (χ1n) is 12.7. The highest BCUT2D eigenvalue weighted by atomic mass is 35.5. The summed E-state index contributed by atoms with van der Waals surface area (Å²) in [5.74, 6) is 0.437. The van der Waals surface area contributed by atoms with E-state index in [1.54, 1.807) is 35.0 Å². The number of halogens is 2. The van der Waals surface area contributed by atoms with Gasteiger partial charge in [0, 0.05) is 50.1 Å². The number of carbonyl (C=O) groups excluding carboxylic acids is 1. The molecule has 0 saturated carbocycles. The standard InChI is InChI=1S/C27H30Cl2N5O4P/c1-5-31(6-2)21-14-16-26-25(18-21)38-27(35)33(22-13-15-23(28)24(29)17-22)39(26,32(7-3)8-4)30-19-9-11-20(12-10-19)34(36)37/h9-18H,5-8H2,1-4H3/t39-/m1/s1. The van der Waals surface area contributed by atoms with Gasteiger partial charge in [-0.1, -0.05) is 37.0 Å². The van der Waals surface area contributed by atoms with Crippen LogP contribution in [0, 0.1) is 10.1 Å². The zero-order valence-electron chi connectivity index (χ0n) is 22.2.